The second-order valence-corrected chi connectivity index (χ2v) is 3.41. The van der Waals surface area contributed by atoms with Crippen LogP contribution in [-0.2, 0) is 0 Å². The first kappa shape index (κ1) is 8.02. The summed E-state index contributed by atoms with van der Waals surface area (Å²) in [5.74, 6) is 0.994. The van der Waals surface area contributed by atoms with Gasteiger partial charge in [-0.1, -0.05) is 0 Å². The fourth-order valence-electron chi connectivity index (χ4n) is 0.958. The fraction of sp³-hybridized carbons (Fsp3) is 1.00. The molecule has 10 heavy (non-hydrogen) atoms. The van der Waals surface area contributed by atoms with E-state index >= 15 is 0 Å². The van der Waals surface area contributed by atoms with Crippen LogP contribution in [0.25, 0.3) is 0 Å². The summed E-state index contributed by atoms with van der Waals surface area (Å²) in [5.41, 5.74) is 5.58. The Morgan fingerprint density at radius 3 is 2.80 bits per heavy atom. The molecular formula is C8H18N2. The molecule has 1 fully saturated rings. The Labute approximate surface area is 63.2 Å². The van der Waals surface area contributed by atoms with Gasteiger partial charge >= 0.3 is 0 Å². The lowest BCUT2D eigenvalue weighted by atomic mass is 10.2. The molecule has 0 heterocycles. The summed E-state index contributed by atoms with van der Waals surface area (Å²) in [7, 11) is 0. The molecule has 0 aromatic rings. The van der Waals surface area contributed by atoms with Crippen LogP contribution < -0.4 is 11.1 Å². The third kappa shape index (κ3) is 3.85. The highest BCUT2D eigenvalue weighted by atomic mass is 14.9. The lowest BCUT2D eigenvalue weighted by Gasteiger charge is -2.05. The molecule has 2 heteroatoms. The van der Waals surface area contributed by atoms with E-state index < -0.39 is 0 Å². The number of nitrogens with one attached hydrogen (secondary N) is 1. The van der Waals surface area contributed by atoms with Crippen LogP contribution in [0.3, 0.4) is 0 Å². The molecule has 1 rings (SSSR count). The smallest absolute Gasteiger partial charge is 0.00225 e. The van der Waals surface area contributed by atoms with Crippen molar-refractivity contribution in [2.24, 2.45) is 11.7 Å². The van der Waals surface area contributed by atoms with Crippen molar-refractivity contribution < 1.29 is 0 Å². The minimum atomic E-state index is 0.353. The topological polar surface area (TPSA) is 38.0 Å². The molecule has 1 aliphatic rings. The Balaban J connectivity index is 1.76. The molecule has 0 saturated heterocycles. The van der Waals surface area contributed by atoms with E-state index in [-0.39, 0.29) is 0 Å². The molecular weight excluding hydrogens is 124 g/mol. The van der Waals surface area contributed by atoms with Crippen molar-refractivity contribution >= 4 is 0 Å². The second kappa shape index (κ2) is 3.94. The Morgan fingerprint density at radius 2 is 2.30 bits per heavy atom. The highest BCUT2D eigenvalue weighted by Gasteiger charge is 2.19. The van der Waals surface area contributed by atoms with E-state index in [1.54, 1.807) is 0 Å². The summed E-state index contributed by atoms with van der Waals surface area (Å²) in [5, 5.41) is 3.40. The fourth-order valence-corrected chi connectivity index (χ4v) is 0.958. The minimum Gasteiger partial charge on any atom is -0.328 e. The molecule has 3 N–H and O–H groups in total. The molecule has 1 unspecified atom stereocenters. The molecule has 2 nitrogen and oxygen atoms in total. The largest absolute Gasteiger partial charge is 0.328 e. The van der Waals surface area contributed by atoms with E-state index in [0.717, 1.165) is 18.9 Å². The van der Waals surface area contributed by atoms with Crippen molar-refractivity contribution in [1.82, 2.24) is 5.32 Å². The third-order valence-corrected chi connectivity index (χ3v) is 1.91. The van der Waals surface area contributed by atoms with Crippen molar-refractivity contribution in [2.45, 2.75) is 32.2 Å². The number of hydrogen-bond donors (Lipinski definition) is 2. The van der Waals surface area contributed by atoms with Crippen LogP contribution in [0.15, 0.2) is 0 Å². The summed E-state index contributed by atoms with van der Waals surface area (Å²) < 4.78 is 0. The molecule has 0 radical (unpaired) electrons. The van der Waals surface area contributed by atoms with Gasteiger partial charge in [-0.05, 0) is 45.2 Å². The van der Waals surface area contributed by atoms with E-state index in [9.17, 15) is 0 Å². The summed E-state index contributed by atoms with van der Waals surface area (Å²) in [6.45, 7) is 4.36. The van der Waals surface area contributed by atoms with Crippen LogP contribution in [0, 0.1) is 5.92 Å². The van der Waals surface area contributed by atoms with Gasteiger partial charge in [0.15, 0.2) is 0 Å². The maximum Gasteiger partial charge on any atom is 0.00225 e. The average Bonchev–Trinajstić information content (AvgIpc) is 2.62. The monoisotopic (exact) mass is 142 g/mol. The molecule has 0 amide bonds. The van der Waals surface area contributed by atoms with Gasteiger partial charge in [-0.15, -0.1) is 0 Å². The SMILES string of the molecule is CC(N)CCNCC1CC1. The highest BCUT2D eigenvalue weighted by molar-refractivity contribution is 4.75. The van der Waals surface area contributed by atoms with Crippen LogP contribution in [0.2, 0.25) is 0 Å². The number of hydrogen-bond acceptors (Lipinski definition) is 2. The first-order chi connectivity index (χ1) is 4.79. The maximum atomic E-state index is 5.58. The second-order valence-electron chi connectivity index (χ2n) is 3.41. The van der Waals surface area contributed by atoms with E-state index in [4.69, 9.17) is 5.73 Å². The van der Waals surface area contributed by atoms with Crippen LogP contribution in [-0.4, -0.2) is 19.1 Å². The van der Waals surface area contributed by atoms with Crippen LogP contribution >= 0.6 is 0 Å². The van der Waals surface area contributed by atoms with Crippen LogP contribution in [0.4, 0.5) is 0 Å². The van der Waals surface area contributed by atoms with Gasteiger partial charge in [-0.25, -0.2) is 0 Å². The lowest BCUT2D eigenvalue weighted by Crippen LogP contribution is -2.25. The number of nitrogens with two attached hydrogens (primary N) is 1. The van der Waals surface area contributed by atoms with Gasteiger partial charge in [0.2, 0.25) is 0 Å². The van der Waals surface area contributed by atoms with Crippen molar-refractivity contribution in [3.63, 3.8) is 0 Å². The van der Waals surface area contributed by atoms with E-state index in [0.29, 0.717) is 6.04 Å². The van der Waals surface area contributed by atoms with E-state index in [2.05, 4.69) is 12.2 Å². The Kier molecular flexibility index (Phi) is 3.16. The Morgan fingerprint density at radius 1 is 1.60 bits per heavy atom. The molecule has 1 aliphatic carbocycles. The molecule has 0 bridgehead atoms. The molecule has 0 aromatic carbocycles. The molecule has 1 saturated carbocycles. The minimum absolute atomic E-state index is 0.353. The van der Waals surface area contributed by atoms with Crippen molar-refractivity contribution in [3.05, 3.63) is 0 Å². The molecule has 60 valence electrons. The summed E-state index contributed by atoms with van der Waals surface area (Å²) in [6, 6.07) is 0.353. The normalized spacial score (nSPS) is 21.0. The van der Waals surface area contributed by atoms with Crippen molar-refractivity contribution in [2.75, 3.05) is 13.1 Å². The maximum absolute atomic E-state index is 5.58. The summed E-state index contributed by atoms with van der Waals surface area (Å²) in [4.78, 5) is 0. The van der Waals surface area contributed by atoms with Gasteiger partial charge in [0, 0.05) is 6.04 Å². The van der Waals surface area contributed by atoms with Crippen LogP contribution in [0.1, 0.15) is 26.2 Å². The van der Waals surface area contributed by atoms with Crippen molar-refractivity contribution in [3.8, 4) is 0 Å². The predicted molar refractivity (Wildman–Crippen MR) is 43.9 cm³/mol. The third-order valence-electron chi connectivity index (χ3n) is 1.91. The summed E-state index contributed by atoms with van der Waals surface area (Å²) in [6.07, 6.45) is 3.98. The zero-order valence-corrected chi connectivity index (χ0v) is 6.77. The summed E-state index contributed by atoms with van der Waals surface area (Å²) >= 11 is 0. The van der Waals surface area contributed by atoms with Gasteiger partial charge in [0.05, 0.1) is 0 Å². The predicted octanol–water partition coefficient (Wildman–Crippen LogP) is 0.723. The van der Waals surface area contributed by atoms with Gasteiger partial charge in [0.25, 0.3) is 0 Å². The van der Waals surface area contributed by atoms with Gasteiger partial charge in [0.1, 0.15) is 0 Å². The number of rotatable bonds is 5. The van der Waals surface area contributed by atoms with Crippen LogP contribution in [0.5, 0.6) is 0 Å². The highest BCUT2D eigenvalue weighted by Crippen LogP contribution is 2.27. The van der Waals surface area contributed by atoms with Gasteiger partial charge in [-0.2, -0.15) is 0 Å². The zero-order valence-electron chi connectivity index (χ0n) is 6.77. The van der Waals surface area contributed by atoms with E-state index in [1.807, 2.05) is 0 Å². The standard InChI is InChI=1S/C8H18N2/c1-7(9)4-5-10-6-8-2-3-8/h7-8,10H,2-6,9H2,1H3. The molecule has 0 aromatic heterocycles. The lowest BCUT2D eigenvalue weighted by molar-refractivity contribution is 0.570. The van der Waals surface area contributed by atoms with Gasteiger partial charge in [-0.3, -0.25) is 0 Å². The van der Waals surface area contributed by atoms with Crippen molar-refractivity contribution in [1.29, 1.82) is 0 Å². The van der Waals surface area contributed by atoms with E-state index in [1.165, 1.54) is 19.4 Å². The average molecular weight is 142 g/mol. The first-order valence-electron chi connectivity index (χ1n) is 4.25. The Bertz CT molecular complexity index is 83.3. The van der Waals surface area contributed by atoms with Gasteiger partial charge < -0.3 is 11.1 Å². The zero-order chi connectivity index (χ0) is 7.40. The first-order valence-corrected chi connectivity index (χ1v) is 4.25. The molecule has 0 aliphatic heterocycles. The quantitative estimate of drug-likeness (QED) is 0.555. The Hall–Kier alpha value is -0.0800. The molecule has 0 spiro atoms. The molecule has 1 atom stereocenters.